The van der Waals surface area contributed by atoms with Gasteiger partial charge in [0, 0.05) is 81.2 Å². The number of likely N-dealkylation sites (N-methyl/N-ethyl adjacent to an activating group) is 1. The molecule has 0 radical (unpaired) electrons. The molecule has 6 rings (SSSR count). The van der Waals surface area contributed by atoms with Crippen LogP contribution in [0.5, 0.6) is 11.6 Å². The molecule has 1 aliphatic rings. The van der Waals surface area contributed by atoms with Crippen molar-refractivity contribution < 1.29 is 22.7 Å². The molecule has 0 atom stereocenters. The molecule has 226 valence electrons. The molecule has 1 N–H and O–H groups in total. The number of aryl methyl sites for hydroxylation is 1. The molecule has 0 aliphatic carbocycles. The zero-order chi connectivity index (χ0) is 30.8. The van der Waals surface area contributed by atoms with Crippen LogP contribution in [0.1, 0.15) is 21.5 Å². The quantitative estimate of drug-likeness (QED) is 0.251. The van der Waals surface area contributed by atoms with E-state index in [9.17, 15) is 18.0 Å². The lowest BCUT2D eigenvalue weighted by Gasteiger charge is -2.33. The molecule has 0 unspecified atom stereocenters. The van der Waals surface area contributed by atoms with Crippen LogP contribution >= 0.6 is 0 Å². The highest BCUT2D eigenvalue weighted by Gasteiger charge is 2.34. The molecular formula is C32H30F3N7O2. The first-order valence-electron chi connectivity index (χ1n) is 14.1. The van der Waals surface area contributed by atoms with E-state index in [0.717, 1.165) is 24.7 Å². The minimum absolute atomic E-state index is 0.0896. The van der Waals surface area contributed by atoms with Gasteiger partial charge in [0.15, 0.2) is 5.82 Å². The maximum Gasteiger partial charge on any atom is 0.416 e. The number of carbonyl (C=O) groups is 1. The number of rotatable bonds is 7. The van der Waals surface area contributed by atoms with E-state index in [-0.39, 0.29) is 17.7 Å². The summed E-state index contributed by atoms with van der Waals surface area (Å²) in [5.74, 6) is 0.451. The predicted octanol–water partition coefficient (Wildman–Crippen LogP) is 5.84. The summed E-state index contributed by atoms with van der Waals surface area (Å²) in [6.45, 7) is 3.13. The number of amides is 1. The van der Waals surface area contributed by atoms with Crippen LogP contribution in [0.4, 0.5) is 18.9 Å². The Bertz CT molecular complexity index is 1800. The molecule has 1 amide bonds. The van der Waals surface area contributed by atoms with Crippen molar-refractivity contribution in [3.8, 4) is 23.0 Å². The van der Waals surface area contributed by atoms with E-state index in [2.05, 4.69) is 25.2 Å². The highest BCUT2D eigenvalue weighted by molar-refractivity contribution is 6.04. The first kappa shape index (κ1) is 29.3. The van der Waals surface area contributed by atoms with Crippen LogP contribution in [-0.4, -0.2) is 68.5 Å². The van der Waals surface area contributed by atoms with E-state index >= 15 is 0 Å². The number of hydrogen-bond donors (Lipinski definition) is 1. The van der Waals surface area contributed by atoms with Gasteiger partial charge in [-0.2, -0.15) is 18.2 Å². The van der Waals surface area contributed by atoms with Crippen molar-refractivity contribution >= 4 is 22.6 Å². The van der Waals surface area contributed by atoms with Crippen molar-refractivity contribution in [2.24, 2.45) is 7.05 Å². The Morgan fingerprint density at radius 3 is 2.55 bits per heavy atom. The number of benzene rings is 2. The minimum atomic E-state index is -4.60. The number of alkyl halides is 3. The molecule has 1 aliphatic heterocycles. The molecule has 9 nitrogen and oxygen atoms in total. The van der Waals surface area contributed by atoms with E-state index in [1.165, 1.54) is 12.1 Å². The summed E-state index contributed by atoms with van der Waals surface area (Å²) in [7, 11) is 3.84. The summed E-state index contributed by atoms with van der Waals surface area (Å²) in [5.41, 5.74) is 1.68. The average Bonchev–Trinajstić information content (AvgIpc) is 3.39. The van der Waals surface area contributed by atoms with Gasteiger partial charge in [-0.05, 0) is 55.1 Å². The number of anilines is 1. The van der Waals surface area contributed by atoms with Crippen molar-refractivity contribution in [2.75, 3.05) is 38.5 Å². The van der Waals surface area contributed by atoms with Crippen LogP contribution in [0.3, 0.4) is 0 Å². The van der Waals surface area contributed by atoms with Crippen LogP contribution in [0.25, 0.3) is 22.4 Å². The number of nitrogens with zero attached hydrogens (tertiary/aromatic N) is 6. The Kier molecular flexibility index (Phi) is 8.02. The standard InChI is InChI=1S/C32H30F3N7O2/c1-40-13-15-42(16-14-40)20-23-9-8-21(17-26(23)32(33,34)35)30(43)37-24-6-3-7-25(18-24)44-31-28-27(10-12-41(28)2)38-29(39-31)22-5-4-11-36-19-22/h3-12,17-19H,13-16,20H2,1-2H3,(H,37,43). The van der Waals surface area contributed by atoms with Crippen molar-refractivity contribution in [3.05, 3.63) is 95.9 Å². The molecular weight excluding hydrogens is 571 g/mol. The van der Waals surface area contributed by atoms with Crippen LogP contribution in [0.2, 0.25) is 0 Å². The molecule has 2 aromatic carbocycles. The Morgan fingerprint density at radius 1 is 0.977 bits per heavy atom. The van der Waals surface area contributed by atoms with Gasteiger partial charge in [0.25, 0.3) is 5.91 Å². The second-order valence-corrected chi connectivity index (χ2v) is 10.8. The number of hydrogen-bond acceptors (Lipinski definition) is 7. The number of aromatic nitrogens is 4. The number of ether oxygens (including phenoxy) is 1. The van der Waals surface area contributed by atoms with Gasteiger partial charge in [0.1, 0.15) is 11.3 Å². The van der Waals surface area contributed by atoms with E-state index < -0.39 is 17.6 Å². The van der Waals surface area contributed by atoms with Crippen molar-refractivity contribution in [1.29, 1.82) is 0 Å². The minimum Gasteiger partial charge on any atom is -0.437 e. The molecule has 0 spiro atoms. The first-order valence-corrected chi connectivity index (χ1v) is 14.1. The Balaban J connectivity index is 1.23. The summed E-state index contributed by atoms with van der Waals surface area (Å²) in [5, 5.41) is 2.70. The highest BCUT2D eigenvalue weighted by Crippen LogP contribution is 2.34. The third kappa shape index (κ3) is 6.41. The Morgan fingerprint density at radius 2 is 1.80 bits per heavy atom. The van der Waals surface area contributed by atoms with Crippen molar-refractivity contribution in [2.45, 2.75) is 12.7 Å². The summed E-state index contributed by atoms with van der Waals surface area (Å²) in [4.78, 5) is 30.7. The van der Waals surface area contributed by atoms with E-state index in [4.69, 9.17) is 4.74 Å². The lowest BCUT2D eigenvalue weighted by atomic mass is 10.0. The molecule has 44 heavy (non-hydrogen) atoms. The monoisotopic (exact) mass is 601 g/mol. The van der Waals surface area contributed by atoms with Crippen LogP contribution in [0, 0.1) is 0 Å². The fourth-order valence-corrected chi connectivity index (χ4v) is 5.17. The number of piperazine rings is 1. The molecule has 1 saturated heterocycles. The summed E-state index contributed by atoms with van der Waals surface area (Å²) in [6, 6.07) is 15.8. The second kappa shape index (κ2) is 12.1. The molecule has 4 heterocycles. The van der Waals surface area contributed by atoms with Gasteiger partial charge < -0.3 is 19.5 Å². The number of halogens is 3. The van der Waals surface area contributed by atoms with Gasteiger partial charge in [-0.15, -0.1) is 0 Å². The molecule has 3 aromatic heterocycles. The van der Waals surface area contributed by atoms with E-state index in [1.54, 1.807) is 42.7 Å². The molecule has 1 fully saturated rings. The summed E-state index contributed by atoms with van der Waals surface area (Å²) >= 11 is 0. The molecule has 0 bridgehead atoms. The lowest BCUT2D eigenvalue weighted by Crippen LogP contribution is -2.44. The predicted molar refractivity (Wildman–Crippen MR) is 160 cm³/mol. The zero-order valence-corrected chi connectivity index (χ0v) is 24.2. The topological polar surface area (TPSA) is 88.4 Å². The largest absolute Gasteiger partial charge is 0.437 e. The second-order valence-electron chi connectivity index (χ2n) is 10.8. The van der Waals surface area contributed by atoms with Crippen molar-refractivity contribution in [3.63, 3.8) is 0 Å². The SMILES string of the molecule is CN1CCN(Cc2ccc(C(=O)Nc3cccc(Oc4nc(-c5cccnc5)nc5ccn(C)c45)c3)cc2C(F)(F)F)CC1. The fraction of sp³-hybridized carbons (Fsp3) is 0.250. The normalized spacial score (nSPS) is 14.6. The smallest absolute Gasteiger partial charge is 0.416 e. The Hall–Kier alpha value is -4.81. The summed E-state index contributed by atoms with van der Waals surface area (Å²) < 4.78 is 50.2. The van der Waals surface area contributed by atoms with Crippen LogP contribution in [-0.2, 0) is 19.8 Å². The Labute approximate surface area is 251 Å². The third-order valence-electron chi connectivity index (χ3n) is 7.58. The number of carbonyl (C=O) groups excluding carboxylic acids is 1. The fourth-order valence-electron chi connectivity index (χ4n) is 5.17. The highest BCUT2D eigenvalue weighted by atomic mass is 19.4. The third-order valence-corrected chi connectivity index (χ3v) is 7.58. The van der Waals surface area contributed by atoms with Gasteiger partial charge >= 0.3 is 6.18 Å². The van der Waals surface area contributed by atoms with Gasteiger partial charge in [0.2, 0.25) is 5.88 Å². The van der Waals surface area contributed by atoms with Gasteiger partial charge in [-0.25, -0.2) is 4.98 Å². The van der Waals surface area contributed by atoms with Gasteiger partial charge in [-0.1, -0.05) is 12.1 Å². The average molecular weight is 602 g/mol. The molecule has 5 aromatic rings. The lowest BCUT2D eigenvalue weighted by molar-refractivity contribution is -0.138. The first-order chi connectivity index (χ1) is 21.1. The maximum atomic E-state index is 14.1. The summed E-state index contributed by atoms with van der Waals surface area (Å²) in [6.07, 6.45) is 0.573. The maximum absolute atomic E-state index is 14.1. The van der Waals surface area contributed by atoms with Crippen molar-refractivity contribution in [1.82, 2.24) is 29.3 Å². The van der Waals surface area contributed by atoms with Gasteiger partial charge in [-0.3, -0.25) is 14.7 Å². The van der Waals surface area contributed by atoms with Gasteiger partial charge in [0.05, 0.1) is 11.1 Å². The zero-order valence-electron chi connectivity index (χ0n) is 24.2. The van der Waals surface area contributed by atoms with Crippen LogP contribution < -0.4 is 10.1 Å². The van der Waals surface area contributed by atoms with Crippen LogP contribution in [0.15, 0.2) is 79.3 Å². The molecule has 12 heteroatoms. The van der Waals surface area contributed by atoms with E-state index in [0.29, 0.717) is 47.3 Å². The molecule has 0 saturated carbocycles. The number of fused-ring (bicyclic) bond motifs is 1. The number of nitrogens with one attached hydrogen (secondary N) is 1. The van der Waals surface area contributed by atoms with E-state index in [1.807, 2.05) is 41.9 Å². The number of pyridine rings is 1.